The van der Waals surface area contributed by atoms with Gasteiger partial charge in [0.25, 0.3) is 0 Å². The van der Waals surface area contributed by atoms with Crippen molar-refractivity contribution in [2.24, 2.45) is 0 Å². The van der Waals surface area contributed by atoms with Gasteiger partial charge >= 0.3 is 0 Å². The van der Waals surface area contributed by atoms with Crippen LogP contribution < -0.4 is 4.72 Å². The zero-order valence-electron chi connectivity index (χ0n) is 13.9. The minimum atomic E-state index is -3.91. The van der Waals surface area contributed by atoms with Crippen molar-refractivity contribution in [3.05, 3.63) is 71.3 Å². The van der Waals surface area contributed by atoms with E-state index in [4.69, 9.17) is 0 Å². The molecular weight excluding hydrogens is 348 g/mol. The van der Waals surface area contributed by atoms with Crippen molar-refractivity contribution in [2.75, 3.05) is 6.54 Å². The maximum atomic E-state index is 13.6. The van der Waals surface area contributed by atoms with Gasteiger partial charge in [-0.2, -0.15) is 0 Å². The fourth-order valence-corrected chi connectivity index (χ4v) is 3.59. The first kappa shape index (κ1) is 19.5. The van der Waals surface area contributed by atoms with Crippen molar-refractivity contribution in [2.45, 2.75) is 31.1 Å². The third-order valence-electron chi connectivity index (χ3n) is 3.82. The highest BCUT2D eigenvalue weighted by molar-refractivity contribution is 7.88. The van der Waals surface area contributed by atoms with Gasteiger partial charge in [0.15, 0.2) is 0 Å². The molecule has 1 atom stereocenters. The van der Waals surface area contributed by atoms with Crippen molar-refractivity contribution in [1.29, 1.82) is 0 Å². The second-order valence-corrected chi connectivity index (χ2v) is 8.11. The van der Waals surface area contributed by atoms with Crippen LogP contribution in [0, 0.1) is 11.6 Å². The van der Waals surface area contributed by atoms with E-state index in [1.54, 1.807) is 0 Å². The number of sulfonamides is 1. The Hall–Kier alpha value is -1.83. The minimum absolute atomic E-state index is 0.209. The van der Waals surface area contributed by atoms with Gasteiger partial charge in [-0.3, -0.25) is 0 Å². The molecule has 0 unspecified atom stereocenters. The van der Waals surface area contributed by atoms with Gasteiger partial charge in [0.05, 0.1) is 11.4 Å². The van der Waals surface area contributed by atoms with Crippen molar-refractivity contribution in [3.8, 4) is 0 Å². The standard InChI is InChI=1S/C18H21F2NO3S/c1-18(22,10-9-14-5-3-2-4-6-14)13-21-25(23,24)12-15-11-16(19)7-8-17(15)20/h2-8,11,21-22H,9-10,12-13H2,1H3/t18-/m0/s1. The van der Waals surface area contributed by atoms with Gasteiger partial charge in [0, 0.05) is 12.1 Å². The van der Waals surface area contributed by atoms with Crippen LogP contribution in [0.25, 0.3) is 0 Å². The fraction of sp³-hybridized carbons (Fsp3) is 0.333. The van der Waals surface area contributed by atoms with Gasteiger partial charge in [-0.1, -0.05) is 30.3 Å². The number of nitrogens with one attached hydrogen (secondary N) is 1. The molecule has 0 saturated carbocycles. The SMILES string of the molecule is C[C@](O)(CCc1ccccc1)CNS(=O)(=O)Cc1cc(F)ccc1F. The summed E-state index contributed by atoms with van der Waals surface area (Å²) in [4.78, 5) is 0. The van der Waals surface area contributed by atoms with E-state index in [1.165, 1.54) is 6.92 Å². The Kier molecular flexibility index (Phi) is 6.26. The van der Waals surface area contributed by atoms with Crippen molar-refractivity contribution in [1.82, 2.24) is 4.72 Å². The molecule has 0 spiro atoms. The van der Waals surface area contributed by atoms with E-state index in [0.29, 0.717) is 12.8 Å². The molecule has 0 fully saturated rings. The van der Waals surface area contributed by atoms with E-state index >= 15 is 0 Å². The van der Waals surface area contributed by atoms with E-state index in [-0.39, 0.29) is 12.1 Å². The molecule has 7 heteroatoms. The van der Waals surface area contributed by atoms with Gasteiger partial charge in [-0.25, -0.2) is 21.9 Å². The number of rotatable bonds is 8. The third-order valence-corrected chi connectivity index (χ3v) is 5.10. The average Bonchev–Trinajstić information content (AvgIpc) is 2.56. The molecule has 0 saturated heterocycles. The highest BCUT2D eigenvalue weighted by Gasteiger charge is 2.24. The Morgan fingerprint density at radius 3 is 2.48 bits per heavy atom. The maximum Gasteiger partial charge on any atom is 0.215 e. The zero-order valence-corrected chi connectivity index (χ0v) is 14.7. The third kappa shape index (κ3) is 6.53. The molecule has 0 aliphatic carbocycles. The molecule has 2 aromatic rings. The number of halogens is 2. The minimum Gasteiger partial charge on any atom is -0.389 e. The topological polar surface area (TPSA) is 66.4 Å². The van der Waals surface area contributed by atoms with Crippen molar-refractivity contribution < 1.29 is 22.3 Å². The van der Waals surface area contributed by atoms with Crippen LogP contribution in [0.1, 0.15) is 24.5 Å². The first-order valence-corrected chi connectivity index (χ1v) is 9.50. The summed E-state index contributed by atoms with van der Waals surface area (Å²) in [6, 6.07) is 12.2. The lowest BCUT2D eigenvalue weighted by molar-refractivity contribution is 0.0565. The molecule has 136 valence electrons. The Morgan fingerprint density at radius 1 is 1.12 bits per heavy atom. The summed E-state index contributed by atoms with van der Waals surface area (Å²) in [5.41, 5.74) is -0.479. The molecule has 0 aromatic heterocycles. The summed E-state index contributed by atoms with van der Waals surface area (Å²) in [6.45, 7) is 1.32. The molecule has 2 rings (SSSR count). The number of aryl methyl sites for hydroxylation is 1. The van der Waals surface area contributed by atoms with Crippen LogP contribution in [0.15, 0.2) is 48.5 Å². The molecule has 0 aliphatic rings. The molecule has 0 radical (unpaired) electrons. The summed E-state index contributed by atoms with van der Waals surface area (Å²) in [7, 11) is -3.91. The summed E-state index contributed by atoms with van der Waals surface area (Å²) in [5.74, 6) is -2.19. The lowest BCUT2D eigenvalue weighted by atomic mass is 9.97. The largest absolute Gasteiger partial charge is 0.389 e. The maximum absolute atomic E-state index is 13.6. The number of aliphatic hydroxyl groups is 1. The predicted octanol–water partition coefficient (Wildman–Crippen LogP) is 2.77. The van der Waals surface area contributed by atoms with E-state index in [0.717, 1.165) is 23.8 Å². The average molecular weight is 369 g/mol. The van der Waals surface area contributed by atoms with Crippen LogP contribution in [0.3, 0.4) is 0 Å². The Bertz CT molecular complexity index is 808. The molecule has 2 N–H and O–H groups in total. The molecule has 0 heterocycles. The summed E-state index contributed by atoms with van der Waals surface area (Å²) in [5, 5.41) is 10.3. The second kappa shape index (κ2) is 8.03. The number of benzene rings is 2. The van der Waals surface area contributed by atoms with Crippen LogP contribution in [0.2, 0.25) is 0 Å². The number of hydrogen-bond acceptors (Lipinski definition) is 3. The molecule has 2 aromatic carbocycles. The zero-order chi connectivity index (χ0) is 18.5. The van der Waals surface area contributed by atoms with Crippen LogP contribution in [-0.2, 0) is 22.2 Å². The highest BCUT2D eigenvalue weighted by atomic mass is 32.2. The highest BCUT2D eigenvalue weighted by Crippen LogP contribution is 2.16. The van der Waals surface area contributed by atoms with E-state index in [2.05, 4.69) is 4.72 Å². The molecular formula is C18H21F2NO3S. The summed E-state index contributed by atoms with van der Waals surface area (Å²) in [6.07, 6.45) is 0.946. The van der Waals surface area contributed by atoms with Crippen LogP contribution in [0.4, 0.5) is 8.78 Å². The van der Waals surface area contributed by atoms with Gasteiger partial charge in [0.1, 0.15) is 11.6 Å². The first-order valence-electron chi connectivity index (χ1n) is 7.84. The molecule has 0 amide bonds. The van der Waals surface area contributed by atoms with Crippen molar-refractivity contribution in [3.63, 3.8) is 0 Å². The quantitative estimate of drug-likeness (QED) is 0.752. The molecule has 25 heavy (non-hydrogen) atoms. The van der Waals surface area contributed by atoms with Gasteiger partial charge in [-0.05, 0) is 43.5 Å². The molecule has 4 nitrogen and oxygen atoms in total. The van der Waals surface area contributed by atoms with Gasteiger partial charge < -0.3 is 5.11 Å². The van der Waals surface area contributed by atoms with Crippen LogP contribution >= 0.6 is 0 Å². The Labute approximate surface area is 146 Å². The fourth-order valence-electron chi connectivity index (χ4n) is 2.32. The monoisotopic (exact) mass is 369 g/mol. The smallest absolute Gasteiger partial charge is 0.215 e. The first-order chi connectivity index (χ1) is 11.7. The number of hydrogen-bond donors (Lipinski definition) is 2. The van der Waals surface area contributed by atoms with E-state index < -0.39 is 33.0 Å². The second-order valence-electron chi connectivity index (χ2n) is 6.30. The van der Waals surface area contributed by atoms with Gasteiger partial charge in [-0.15, -0.1) is 0 Å². The molecule has 0 bridgehead atoms. The normalized spacial score (nSPS) is 14.2. The predicted molar refractivity (Wildman–Crippen MR) is 92.4 cm³/mol. The van der Waals surface area contributed by atoms with E-state index in [1.807, 2.05) is 30.3 Å². The Morgan fingerprint density at radius 2 is 1.80 bits per heavy atom. The van der Waals surface area contributed by atoms with E-state index in [9.17, 15) is 22.3 Å². The summed E-state index contributed by atoms with van der Waals surface area (Å²) >= 11 is 0. The lowest BCUT2D eigenvalue weighted by Gasteiger charge is -2.23. The van der Waals surface area contributed by atoms with Crippen LogP contribution in [-0.4, -0.2) is 25.7 Å². The lowest BCUT2D eigenvalue weighted by Crippen LogP contribution is -2.41. The summed E-state index contributed by atoms with van der Waals surface area (Å²) < 4.78 is 53.1. The van der Waals surface area contributed by atoms with Crippen LogP contribution in [0.5, 0.6) is 0 Å². The molecule has 0 aliphatic heterocycles. The van der Waals surface area contributed by atoms with Gasteiger partial charge in [0.2, 0.25) is 10.0 Å². The Balaban J connectivity index is 1.92. The van der Waals surface area contributed by atoms with Crippen molar-refractivity contribution >= 4 is 10.0 Å².